The maximum Gasteiger partial charge on any atom is 0.288 e. The Hall–Kier alpha value is -3.79. The van der Waals surface area contributed by atoms with Crippen LogP contribution >= 0.6 is 11.8 Å². The molecule has 0 aliphatic rings. The van der Waals surface area contributed by atoms with Crippen LogP contribution in [-0.4, -0.2) is 31.4 Å². The van der Waals surface area contributed by atoms with Gasteiger partial charge in [-0.1, -0.05) is 23.9 Å². The van der Waals surface area contributed by atoms with E-state index in [4.69, 9.17) is 4.74 Å². The van der Waals surface area contributed by atoms with Gasteiger partial charge in [-0.05, 0) is 63.2 Å². The van der Waals surface area contributed by atoms with Crippen molar-refractivity contribution in [1.82, 2.24) is 19.7 Å². The Bertz CT molecular complexity index is 1330. The summed E-state index contributed by atoms with van der Waals surface area (Å²) in [5.41, 5.74) is 2.50. The number of rotatable bonds is 7. The van der Waals surface area contributed by atoms with Crippen LogP contribution in [-0.2, 0) is 0 Å². The van der Waals surface area contributed by atoms with Crippen LogP contribution in [0.4, 0.5) is 14.5 Å². The van der Waals surface area contributed by atoms with E-state index in [1.807, 2.05) is 19.9 Å². The number of benzene rings is 2. The van der Waals surface area contributed by atoms with Crippen LogP contribution in [0.1, 0.15) is 27.6 Å². The molecule has 1 amide bonds. The van der Waals surface area contributed by atoms with E-state index >= 15 is 0 Å². The summed E-state index contributed by atoms with van der Waals surface area (Å²) in [6, 6.07) is 16.6. The Morgan fingerprint density at radius 2 is 1.76 bits per heavy atom. The molecule has 4 aromatic rings. The molecular weight excluding hydrogens is 460 g/mol. The quantitative estimate of drug-likeness (QED) is 0.329. The highest BCUT2D eigenvalue weighted by Crippen LogP contribution is 2.29. The molecule has 0 aliphatic carbocycles. The SMILES string of the molecule is Cc1cc(C)n(-c2cc(Oc3ccc(NC(=O)c4ccccc4SC(F)F)cc3)nc(C)n2)n1. The lowest BCUT2D eigenvalue weighted by atomic mass is 10.2. The minimum Gasteiger partial charge on any atom is -0.439 e. The Balaban J connectivity index is 1.48. The zero-order valence-corrected chi connectivity index (χ0v) is 19.4. The fourth-order valence-corrected chi connectivity index (χ4v) is 3.96. The molecule has 0 fully saturated rings. The third kappa shape index (κ3) is 5.57. The normalized spacial score (nSPS) is 11.0. The number of thioether (sulfide) groups is 1. The zero-order valence-electron chi connectivity index (χ0n) is 18.6. The van der Waals surface area contributed by atoms with Gasteiger partial charge in [0.2, 0.25) is 5.88 Å². The van der Waals surface area contributed by atoms with E-state index in [-0.39, 0.29) is 10.5 Å². The second-order valence-corrected chi connectivity index (χ2v) is 8.44. The minimum absolute atomic E-state index is 0.182. The molecule has 2 heterocycles. The van der Waals surface area contributed by atoms with Gasteiger partial charge in [-0.2, -0.15) is 18.9 Å². The molecule has 0 radical (unpaired) electrons. The van der Waals surface area contributed by atoms with Crippen LogP contribution in [0.25, 0.3) is 5.82 Å². The first kappa shape index (κ1) is 23.4. The van der Waals surface area contributed by atoms with Crippen LogP contribution < -0.4 is 10.1 Å². The van der Waals surface area contributed by atoms with Gasteiger partial charge in [-0.3, -0.25) is 4.79 Å². The molecule has 1 N–H and O–H groups in total. The topological polar surface area (TPSA) is 81.9 Å². The van der Waals surface area contributed by atoms with Crippen LogP contribution in [0.15, 0.2) is 65.6 Å². The molecule has 34 heavy (non-hydrogen) atoms. The molecule has 2 aromatic heterocycles. The van der Waals surface area contributed by atoms with E-state index in [1.165, 1.54) is 12.1 Å². The molecule has 0 saturated heterocycles. The minimum atomic E-state index is -2.61. The first-order valence-electron chi connectivity index (χ1n) is 10.3. The average Bonchev–Trinajstić information content (AvgIpc) is 3.12. The van der Waals surface area contributed by atoms with E-state index in [2.05, 4.69) is 20.4 Å². The molecule has 0 unspecified atom stereocenters. The van der Waals surface area contributed by atoms with Crippen molar-refractivity contribution in [3.05, 3.63) is 83.4 Å². The van der Waals surface area contributed by atoms with Crippen molar-refractivity contribution < 1.29 is 18.3 Å². The summed E-state index contributed by atoms with van der Waals surface area (Å²) in [5, 5.41) is 7.16. The molecular formula is C24H21F2N5O2S. The number of anilines is 1. The first-order chi connectivity index (χ1) is 16.3. The monoisotopic (exact) mass is 481 g/mol. The molecule has 10 heteroatoms. The van der Waals surface area contributed by atoms with Crippen molar-refractivity contribution in [2.45, 2.75) is 31.4 Å². The maximum atomic E-state index is 12.8. The number of carbonyl (C=O) groups excluding carboxylic acids is 1. The van der Waals surface area contributed by atoms with Gasteiger partial charge >= 0.3 is 0 Å². The Morgan fingerprint density at radius 3 is 2.44 bits per heavy atom. The lowest BCUT2D eigenvalue weighted by Crippen LogP contribution is -2.13. The predicted octanol–water partition coefficient (Wildman–Crippen LogP) is 5.95. The summed E-state index contributed by atoms with van der Waals surface area (Å²) >= 11 is 0.338. The summed E-state index contributed by atoms with van der Waals surface area (Å²) in [7, 11) is 0. The lowest BCUT2D eigenvalue weighted by molar-refractivity contribution is 0.102. The number of nitrogens with one attached hydrogen (secondary N) is 1. The molecule has 0 bridgehead atoms. The summed E-state index contributed by atoms with van der Waals surface area (Å²) in [4.78, 5) is 21.6. The van der Waals surface area contributed by atoms with Gasteiger partial charge in [0.15, 0.2) is 5.82 Å². The highest BCUT2D eigenvalue weighted by molar-refractivity contribution is 7.99. The Morgan fingerprint density at radius 1 is 1.03 bits per heavy atom. The number of hydrogen-bond donors (Lipinski definition) is 1. The molecule has 2 aromatic carbocycles. The molecule has 0 aliphatic heterocycles. The molecule has 0 saturated carbocycles. The number of carbonyl (C=O) groups is 1. The van der Waals surface area contributed by atoms with E-state index in [0.717, 1.165) is 11.4 Å². The molecule has 0 atom stereocenters. The number of halogens is 2. The van der Waals surface area contributed by atoms with Crippen LogP contribution in [0.3, 0.4) is 0 Å². The highest BCUT2D eigenvalue weighted by atomic mass is 32.2. The average molecular weight is 482 g/mol. The maximum absolute atomic E-state index is 12.8. The van der Waals surface area contributed by atoms with Gasteiger partial charge in [0.1, 0.15) is 11.6 Å². The van der Waals surface area contributed by atoms with Crippen molar-refractivity contribution in [1.29, 1.82) is 0 Å². The van der Waals surface area contributed by atoms with Crippen LogP contribution in [0.5, 0.6) is 11.6 Å². The van der Waals surface area contributed by atoms with Gasteiger partial charge in [0.05, 0.1) is 11.3 Å². The van der Waals surface area contributed by atoms with Gasteiger partial charge in [0, 0.05) is 22.3 Å². The third-order valence-electron chi connectivity index (χ3n) is 4.71. The number of aryl methyl sites for hydroxylation is 3. The van der Waals surface area contributed by atoms with Gasteiger partial charge < -0.3 is 10.1 Å². The summed E-state index contributed by atoms with van der Waals surface area (Å²) in [5.74, 6) is -1.11. The first-order valence-corrected chi connectivity index (χ1v) is 11.2. The standard InChI is InChI=1S/C24H21F2N5O2S/c1-14-12-15(2)31(30-14)21-13-22(28-16(3)27-21)33-18-10-8-17(9-11-18)29-23(32)19-6-4-5-7-20(19)34-24(25)26/h4-13,24H,1-3H3,(H,29,32). The number of ether oxygens (including phenoxy) is 1. The predicted molar refractivity (Wildman–Crippen MR) is 126 cm³/mol. The Kier molecular flexibility index (Phi) is 6.87. The van der Waals surface area contributed by atoms with Crippen molar-refractivity contribution in [3.8, 4) is 17.4 Å². The second kappa shape index (κ2) is 10.0. The number of amides is 1. The summed E-state index contributed by atoms with van der Waals surface area (Å²) in [6.45, 7) is 5.62. The van der Waals surface area contributed by atoms with Crippen molar-refractivity contribution in [2.75, 3.05) is 5.32 Å². The zero-order chi connectivity index (χ0) is 24.2. The molecule has 7 nitrogen and oxygen atoms in total. The number of alkyl halides is 2. The van der Waals surface area contributed by atoms with Gasteiger partial charge in [0.25, 0.3) is 11.7 Å². The third-order valence-corrected chi connectivity index (χ3v) is 5.50. The Labute approximate surface area is 199 Å². The van der Waals surface area contributed by atoms with Crippen molar-refractivity contribution in [2.24, 2.45) is 0 Å². The second-order valence-electron chi connectivity index (χ2n) is 7.41. The largest absolute Gasteiger partial charge is 0.439 e. The summed E-state index contributed by atoms with van der Waals surface area (Å²) < 4.78 is 33.2. The van der Waals surface area contributed by atoms with Crippen LogP contribution in [0.2, 0.25) is 0 Å². The molecule has 0 spiro atoms. The summed E-state index contributed by atoms with van der Waals surface area (Å²) in [6.07, 6.45) is 0. The van der Waals surface area contributed by atoms with E-state index < -0.39 is 11.7 Å². The van der Waals surface area contributed by atoms with Crippen LogP contribution in [0, 0.1) is 20.8 Å². The molecule has 4 rings (SSSR count). The van der Waals surface area contributed by atoms with Gasteiger partial charge in [-0.25, -0.2) is 9.67 Å². The lowest BCUT2D eigenvalue weighted by Gasteiger charge is -2.11. The fraction of sp³-hybridized carbons (Fsp3) is 0.167. The van der Waals surface area contributed by atoms with Crippen molar-refractivity contribution in [3.63, 3.8) is 0 Å². The van der Waals surface area contributed by atoms with Gasteiger partial charge in [-0.15, -0.1) is 0 Å². The van der Waals surface area contributed by atoms with E-state index in [9.17, 15) is 13.6 Å². The highest BCUT2D eigenvalue weighted by Gasteiger charge is 2.15. The van der Waals surface area contributed by atoms with E-state index in [0.29, 0.717) is 40.7 Å². The number of hydrogen-bond acceptors (Lipinski definition) is 6. The smallest absolute Gasteiger partial charge is 0.288 e. The number of aromatic nitrogens is 4. The molecule has 174 valence electrons. The van der Waals surface area contributed by atoms with Crippen molar-refractivity contribution >= 4 is 23.4 Å². The number of nitrogens with zero attached hydrogens (tertiary/aromatic N) is 4. The fourth-order valence-electron chi connectivity index (χ4n) is 3.33. The van der Waals surface area contributed by atoms with E-state index in [1.54, 1.807) is 54.1 Å².